The van der Waals surface area contributed by atoms with E-state index in [0.717, 1.165) is 10.6 Å². The van der Waals surface area contributed by atoms with E-state index in [9.17, 15) is 4.79 Å². The van der Waals surface area contributed by atoms with Gasteiger partial charge in [0, 0.05) is 29.9 Å². The van der Waals surface area contributed by atoms with Gasteiger partial charge >= 0.3 is 0 Å². The van der Waals surface area contributed by atoms with Crippen LogP contribution in [-0.4, -0.2) is 28.9 Å². The van der Waals surface area contributed by atoms with Gasteiger partial charge in [-0.2, -0.15) is 0 Å². The standard InChI is InChI=1S/C15H18ClN3OS.ClH/c1-2-19(9-11-5-3-4-6-12(11)16)15(20)13-10-21-14(18-13)7-8-17;/h3-6,10H,2,7-9,17H2,1H3;1H. The first-order valence-corrected chi connectivity index (χ1v) is 8.08. The average Bonchev–Trinajstić information content (AvgIpc) is 2.95. The Bertz CT molecular complexity index is 618. The molecule has 1 amide bonds. The predicted molar refractivity (Wildman–Crippen MR) is 94.0 cm³/mol. The van der Waals surface area contributed by atoms with E-state index >= 15 is 0 Å². The van der Waals surface area contributed by atoms with E-state index < -0.39 is 0 Å². The average molecular weight is 360 g/mol. The lowest BCUT2D eigenvalue weighted by atomic mass is 10.2. The van der Waals surface area contributed by atoms with Crippen LogP contribution in [0.25, 0.3) is 0 Å². The van der Waals surface area contributed by atoms with Gasteiger partial charge in [-0.3, -0.25) is 4.79 Å². The molecule has 0 aliphatic carbocycles. The Hall–Kier alpha value is -1.14. The van der Waals surface area contributed by atoms with Crippen LogP contribution in [-0.2, 0) is 13.0 Å². The maximum absolute atomic E-state index is 12.5. The fourth-order valence-corrected chi connectivity index (χ4v) is 2.95. The minimum atomic E-state index is -0.0723. The number of nitrogens with zero attached hydrogens (tertiary/aromatic N) is 2. The number of benzene rings is 1. The molecule has 0 spiro atoms. The lowest BCUT2D eigenvalue weighted by Crippen LogP contribution is -2.30. The van der Waals surface area contributed by atoms with Crippen molar-refractivity contribution in [3.05, 3.63) is 50.9 Å². The molecule has 1 aromatic heterocycles. The molecule has 0 bridgehead atoms. The van der Waals surface area contributed by atoms with Crippen LogP contribution >= 0.6 is 35.3 Å². The third kappa shape index (κ3) is 4.68. The molecule has 22 heavy (non-hydrogen) atoms. The van der Waals surface area contributed by atoms with E-state index in [0.29, 0.717) is 36.8 Å². The number of amides is 1. The topological polar surface area (TPSA) is 59.2 Å². The maximum Gasteiger partial charge on any atom is 0.273 e. The molecule has 1 aromatic carbocycles. The molecule has 0 aliphatic rings. The smallest absolute Gasteiger partial charge is 0.273 e. The Balaban J connectivity index is 0.00000242. The quantitative estimate of drug-likeness (QED) is 0.859. The molecular formula is C15H19Cl2N3OS. The van der Waals surface area contributed by atoms with Gasteiger partial charge < -0.3 is 10.6 Å². The molecule has 0 unspecified atom stereocenters. The molecule has 2 rings (SSSR count). The number of hydrogen-bond acceptors (Lipinski definition) is 4. The highest BCUT2D eigenvalue weighted by molar-refractivity contribution is 7.09. The van der Waals surface area contributed by atoms with Crippen molar-refractivity contribution in [2.45, 2.75) is 19.9 Å². The maximum atomic E-state index is 12.5. The second-order valence-corrected chi connectivity index (χ2v) is 5.93. The minimum Gasteiger partial charge on any atom is -0.333 e. The minimum absolute atomic E-state index is 0. The van der Waals surface area contributed by atoms with Gasteiger partial charge in [0.15, 0.2) is 0 Å². The lowest BCUT2D eigenvalue weighted by molar-refractivity contribution is 0.0747. The molecule has 0 atom stereocenters. The third-order valence-corrected chi connectivity index (χ3v) is 4.39. The fraction of sp³-hybridized carbons (Fsp3) is 0.333. The Morgan fingerprint density at radius 1 is 1.41 bits per heavy atom. The summed E-state index contributed by atoms with van der Waals surface area (Å²) in [4.78, 5) is 18.6. The molecule has 7 heteroatoms. The van der Waals surface area contributed by atoms with Crippen LogP contribution in [0.2, 0.25) is 5.02 Å². The van der Waals surface area contributed by atoms with Crippen LogP contribution in [0.4, 0.5) is 0 Å². The number of rotatable bonds is 6. The van der Waals surface area contributed by atoms with E-state index in [1.165, 1.54) is 11.3 Å². The van der Waals surface area contributed by atoms with E-state index in [-0.39, 0.29) is 18.3 Å². The summed E-state index contributed by atoms with van der Waals surface area (Å²) in [6.45, 7) is 3.58. The van der Waals surface area contributed by atoms with Gasteiger partial charge in [-0.25, -0.2) is 4.98 Å². The highest BCUT2D eigenvalue weighted by atomic mass is 35.5. The Morgan fingerprint density at radius 2 is 2.14 bits per heavy atom. The van der Waals surface area contributed by atoms with Crippen LogP contribution < -0.4 is 5.73 Å². The van der Waals surface area contributed by atoms with Crippen molar-refractivity contribution in [3.8, 4) is 0 Å². The zero-order valence-electron chi connectivity index (χ0n) is 12.3. The number of carbonyl (C=O) groups excluding carboxylic acids is 1. The van der Waals surface area contributed by atoms with Gasteiger partial charge in [0.2, 0.25) is 0 Å². The van der Waals surface area contributed by atoms with Crippen LogP contribution in [0, 0.1) is 0 Å². The first-order valence-electron chi connectivity index (χ1n) is 6.82. The van der Waals surface area contributed by atoms with Crippen LogP contribution in [0.5, 0.6) is 0 Å². The Labute approximate surface area is 145 Å². The van der Waals surface area contributed by atoms with Crippen molar-refractivity contribution in [2.75, 3.05) is 13.1 Å². The molecule has 0 saturated heterocycles. The molecule has 0 radical (unpaired) electrons. The summed E-state index contributed by atoms with van der Waals surface area (Å²) in [5.41, 5.74) is 6.93. The van der Waals surface area contributed by atoms with Gasteiger partial charge in [0.25, 0.3) is 5.91 Å². The monoisotopic (exact) mass is 359 g/mol. The van der Waals surface area contributed by atoms with E-state index in [1.807, 2.05) is 31.2 Å². The van der Waals surface area contributed by atoms with E-state index in [4.69, 9.17) is 17.3 Å². The van der Waals surface area contributed by atoms with E-state index in [1.54, 1.807) is 10.3 Å². The van der Waals surface area contributed by atoms with Crippen molar-refractivity contribution >= 4 is 41.3 Å². The van der Waals surface area contributed by atoms with Gasteiger partial charge in [0.05, 0.1) is 5.01 Å². The molecule has 0 fully saturated rings. The van der Waals surface area contributed by atoms with Crippen LogP contribution in [0.1, 0.15) is 28.0 Å². The highest BCUT2D eigenvalue weighted by Gasteiger charge is 2.18. The SMILES string of the molecule is CCN(Cc1ccccc1Cl)C(=O)c1csc(CCN)n1.Cl. The van der Waals surface area contributed by atoms with Crippen LogP contribution in [0.3, 0.4) is 0 Å². The molecule has 2 N–H and O–H groups in total. The zero-order chi connectivity index (χ0) is 15.2. The summed E-state index contributed by atoms with van der Waals surface area (Å²) in [6, 6.07) is 7.56. The van der Waals surface area contributed by atoms with Gasteiger partial charge in [-0.15, -0.1) is 23.7 Å². The Kier molecular flexibility index (Phi) is 7.82. The van der Waals surface area contributed by atoms with Crippen molar-refractivity contribution in [3.63, 3.8) is 0 Å². The number of thiazole rings is 1. The normalized spacial score (nSPS) is 10.1. The second-order valence-electron chi connectivity index (χ2n) is 4.58. The van der Waals surface area contributed by atoms with Crippen molar-refractivity contribution < 1.29 is 4.79 Å². The largest absolute Gasteiger partial charge is 0.333 e. The first kappa shape index (κ1) is 18.9. The predicted octanol–water partition coefficient (Wildman–Crippen LogP) is 3.38. The molecule has 4 nitrogen and oxygen atoms in total. The number of carbonyl (C=O) groups is 1. The molecule has 0 saturated carbocycles. The van der Waals surface area contributed by atoms with E-state index in [2.05, 4.69) is 4.98 Å². The lowest BCUT2D eigenvalue weighted by Gasteiger charge is -2.20. The molecule has 120 valence electrons. The number of hydrogen-bond donors (Lipinski definition) is 1. The van der Waals surface area contributed by atoms with Crippen molar-refractivity contribution in [1.29, 1.82) is 0 Å². The fourth-order valence-electron chi connectivity index (χ4n) is 1.97. The third-order valence-electron chi connectivity index (χ3n) is 3.12. The number of aromatic nitrogens is 1. The van der Waals surface area contributed by atoms with Crippen molar-refractivity contribution in [1.82, 2.24) is 9.88 Å². The van der Waals surface area contributed by atoms with Crippen LogP contribution in [0.15, 0.2) is 29.6 Å². The van der Waals surface area contributed by atoms with Gasteiger partial charge in [-0.1, -0.05) is 29.8 Å². The Morgan fingerprint density at radius 3 is 2.77 bits per heavy atom. The molecular weight excluding hydrogens is 341 g/mol. The summed E-state index contributed by atoms with van der Waals surface area (Å²) >= 11 is 7.63. The summed E-state index contributed by atoms with van der Waals surface area (Å²) in [6.07, 6.45) is 0.703. The molecule has 1 heterocycles. The van der Waals surface area contributed by atoms with Gasteiger partial charge in [0.1, 0.15) is 5.69 Å². The number of halogens is 2. The summed E-state index contributed by atoms with van der Waals surface area (Å²) in [7, 11) is 0. The summed E-state index contributed by atoms with van der Waals surface area (Å²) in [5, 5.41) is 3.36. The van der Waals surface area contributed by atoms with Gasteiger partial charge in [-0.05, 0) is 25.1 Å². The summed E-state index contributed by atoms with van der Waals surface area (Å²) in [5.74, 6) is -0.0723. The van der Waals surface area contributed by atoms with Crippen molar-refractivity contribution in [2.24, 2.45) is 5.73 Å². The zero-order valence-corrected chi connectivity index (χ0v) is 14.7. The second kappa shape index (κ2) is 9.10. The first-order chi connectivity index (χ1) is 10.2. The molecule has 2 aromatic rings. The summed E-state index contributed by atoms with van der Waals surface area (Å²) < 4.78 is 0. The highest BCUT2D eigenvalue weighted by Crippen LogP contribution is 2.19. The number of nitrogens with two attached hydrogens (primary N) is 1. The molecule has 0 aliphatic heterocycles.